The second-order valence-electron chi connectivity index (χ2n) is 7.06. The van der Waals surface area contributed by atoms with Crippen molar-refractivity contribution in [2.24, 2.45) is 11.8 Å². The maximum absolute atomic E-state index is 12.9. The van der Waals surface area contributed by atoms with Crippen LogP contribution in [-0.4, -0.2) is 58.0 Å². The molecule has 2 fully saturated rings. The predicted octanol–water partition coefficient (Wildman–Crippen LogP) is 2.23. The highest BCUT2D eigenvalue weighted by Gasteiger charge is 2.33. The molecule has 0 spiro atoms. The molecular formula is C18H22N4O3S. The number of hydrogen-bond donors (Lipinski definition) is 1. The van der Waals surface area contributed by atoms with Crippen molar-refractivity contribution in [1.29, 1.82) is 0 Å². The number of amides is 1. The van der Waals surface area contributed by atoms with Gasteiger partial charge < -0.3 is 14.9 Å². The number of piperidine rings is 2. The number of aromatic nitrogens is 2. The number of likely N-dealkylation sites (tertiary alicyclic amines) is 1. The molecule has 4 rings (SSSR count). The molecule has 1 unspecified atom stereocenters. The van der Waals surface area contributed by atoms with E-state index in [1.165, 1.54) is 0 Å². The average Bonchev–Trinajstić information content (AvgIpc) is 3.16. The Balaban J connectivity index is 1.45. The Bertz CT molecular complexity index is 816. The van der Waals surface area contributed by atoms with Crippen molar-refractivity contribution in [2.75, 3.05) is 31.1 Å². The third-order valence-corrected chi connectivity index (χ3v) is 6.29. The molecule has 4 heterocycles. The lowest BCUT2D eigenvalue weighted by atomic mass is 9.93. The van der Waals surface area contributed by atoms with Crippen LogP contribution in [0.5, 0.6) is 0 Å². The van der Waals surface area contributed by atoms with Gasteiger partial charge in [0.25, 0.3) is 0 Å². The van der Waals surface area contributed by atoms with Crippen LogP contribution in [0.25, 0.3) is 10.2 Å². The Morgan fingerprint density at radius 1 is 1.12 bits per heavy atom. The summed E-state index contributed by atoms with van der Waals surface area (Å²) in [7, 11) is 0. The molecule has 0 aliphatic carbocycles. The van der Waals surface area contributed by atoms with E-state index in [0.29, 0.717) is 32.5 Å². The van der Waals surface area contributed by atoms with E-state index in [-0.39, 0.29) is 17.7 Å². The van der Waals surface area contributed by atoms with Gasteiger partial charge in [0, 0.05) is 26.2 Å². The summed E-state index contributed by atoms with van der Waals surface area (Å²) < 4.78 is 0. The minimum atomic E-state index is -0.746. The van der Waals surface area contributed by atoms with Gasteiger partial charge in [-0.15, -0.1) is 11.3 Å². The average molecular weight is 374 g/mol. The molecule has 2 aliphatic rings. The van der Waals surface area contributed by atoms with Crippen LogP contribution in [-0.2, 0) is 9.59 Å². The molecule has 0 saturated carbocycles. The Hall–Kier alpha value is -2.22. The van der Waals surface area contributed by atoms with Crippen LogP contribution in [0.4, 0.5) is 5.82 Å². The van der Waals surface area contributed by atoms with Gasteiger partial charge in [-0.25, -0.2) is 9.97 Å². The van der Waals surface area contributed by atoms with Crippen molar-refractivity contribution in [2.45, 2.75) is 25.7 Å². The first-order valence-electron chi connectivity index (χ1n) is 9.08. The normalized spacial score (nSPS) is 21.9. The van der Waals surface area contributed by atoms with E-state index in [2.05, 4.69) is 14.9 Å². The van der Waals surface area contributed by atoms with Crippen molar-refractivity contribution in [3.8, 4) is 0 Å². The third-order valence-electron chi connectivity index (χ3n) is 5.47. The van der Waals surface area contributed by atoms with Gasteiger partial charge in [0.05, 0.1) is 17.2 Å². The molecule has 1 N–H and O–H groups in total. The lowest BCUT2D eigenvalue weighted by molar-refractivity contribution is -0.146. The topological polar surface area (TPSA) is 86.6 Å². The Labute approximate surface area is 155 Å². The second-order valence-corrected chi connectivity index (χ2v) is 7.95. The van der Waals surface area contributed by atoms with Crippen LogP contribution in [0.2, 0.25) is 0 Å². The Morgan fingerprint density at radius 3 is 2.69 bits per heavy atom. The van der Waals surface area contributed by atoms with Gasteiger partial charge in [-0.1, -0.05) is 0 Å². The fourth-order valence-electron chi connectivity index (χ4n) is 4.01. The van der Waals surface area contributed by atoms with Gasteiger partial charge in [0.2, 0.25) is 5.91 Å². The van der Waals surface area contributed by atoms with E-state index < -0.39 is 5.97 Å². The maximum atomic E-state index is 12.9. The number of thiophene rings is 1. The van der Waals surface area contributed by atoms with E-state index in [0.717, 1.165) is 35.4 Å². The number of aliphatic carboxylic acids is 1. The standard InChI is InChI=1S/C18H22N4O3S/c23-17(21-7-3-12(4-8-21)18(24)25)13-2-1-6-22(10-13)15-14-5-9-26-16(14)20-11-19-15/h5,9,11-13H,1-4,6-8,10H2,(H,24,25). The first-order valence-corrected chi connectivity index (χ1v) is 9.96. The molecule has 0 bridgehead atoms. The summed E-state index contributed by atoms with van der Waals surface area (Å²) in [6.07, 6.45) is 4.54. The quantitative estimate of drug-likeness (QED) is 0.887. The van der Waals surface area contributed by atoms with Crippen LogP contribution in [0.15, 0.2) is 17.8 Å². The fraction of sp³-hybridized carbons (Fsp3) is 0.556. The molecule has 2 aromatic heterocycles. The smallest absolute Gasteiger partial charge is 0.306 e. The fourth-order valence-corrected chi connectivity index (χ4v) is 4.73. The zero-order chi connectivity index (χ0) is 18.1. The van der Waals surface area contributed by atoms with Crippen LogP contribution < -0.4 is 4.90 Å². The maximum Gasteiger partial charge on any atom is 0.306 e. The van der Waals surface area contributed by atoms with Crippen molar-refractivity contribution >= 4 is 39.2 Å². The van der Waals surface area contributed by atoms with Crippen LogP contribution in [0, 0.1) is 11.8 Å². The molecule has 138 valence electrons. The molecular weight excluding hydrogens is 352 g/mol. The number of nitrogens with zero attached hydrogens (tertiary/aromatic N) is 4. The highest BCUT2D eigenvalue weighted by Crippen LogP contribution is 2.31. The lowest BCUT2D eigenvalue weighted by Crippen LogP contribution is -2.48. The van der Waals surface area contributed by atoms with Gasteiger partial charge in [-0.05, 0) is 37.1 Å². The van der Waals surface area contributed by atoms with E-state index in [4.69, 9.17) is 5.11 Å². The summed E-state index contributed by atoms with van der Waals surface area (Å²) in [5.74, 6) is -0.0273. The minimum absolute atomic E-state index is 0.0474. The second kappa shape index (κ2) is 7.19. The van der Waals surface area contributed by atoms with Crippen molar-refractivity contribution < 1.29 is 14.7 Å². The molecule has 1 amide bonds. The van der Waals surface area contributed by atoms with E-state index in [1.54, 1.807) is 17.7 Å². The summed E-state index contributed by atoms with van der Waals surface area (Å²) in [6, 6.07) is 2.04. The highest BCUT2D eigenvalue weighted by atomic mass is 32.1. The summed E-state index contributed by atoms with van der Waals surface area (Å²) in [4.78, 5) is 37.8. The van der Waals surface area contributed by atoms with Gasteiger partial charge in [0.1, 0.15) is 17.0 Å². The molecule has 7 nitrogen and oxygen atoms in total. The Morgan fingerprint density at radius 2 is 1.92 bits per heavy atom. The van der Waals surface area contributed by atoms with Gasteiger partial charge >= 0.3 is 5.97 Å². The summed E-state index contributed by atoms with van der Waals surface area (Å²) in [5, 5.41) is 12.2. The first kappa shape index (κ1) is 17.2. The number of rotatable bonds is 3. The van der Waals surface area contributed by atoms with Gasteiger partial charge in [-0.2, -0.15) is 0 Å². The largest absolute Gasteiger partial charge is 0.481 e. The molecule has 26 heavy (non-hydrogen) atoms. The highest BCUT2D eigenvalue weighted by molar-refractivity contribution is 7.16. The number of carbonyl (C=O) groups is 2. The van der Waals surface area contributed by atoms with Crippen LogP contribution >= 0.6 is 11.3 Å². The number of hydrogen-bond acceptors (Lipinski definition) is 6. The molecule has 0 radical (unpaired) electrons. The van der Waals surface area contributed by atoms with Crippen molar-refractivity contribution in [3.63, 3.8) is 0 Å². The SMILES string of the molecule is O=C(O)C1CCN(C(=O)C2CCCN(c3ncnc4sccc34)C2)CC1. The number of carboxylic acid groups (broad SMARTS) is 1. The summed E-state index contributed by atoms with van der Waals surface area (Å²) >= 11 is 1.60. The molecule has 2 aromatic rings. The lowest BCUT2D eigenvalue weighted by Gasteiger charge is -2.37. The van der Waals surface area contributed by atoms with Gasteiger partial charge in [-0.3, -0.25) is 9.59 Å². The molecule has 1 atom stereocenters. The number of anilines is 1. The third kappa shape index (κ3) is 3.25. The molecule has 8 heteroatoms. The molecule has 0 aromatic carbocycles. The van der Waals surface area contributed by atoms with Crippen LogP contribution in [0.3, 0.4) is 0 Å². The minimum Gasteiger partial charge on any atom is -0.481 e. The number of carboxylic acids is 1. The summed E-state index contributed by atoms with van der Waals surface area (Å²) in [5.41, 5.74) is 0. The number of fused-ring (bicyclic) bond motifs is 1. The van der Waals surface area contributed by atoms with Crippen LogP contribution in [0.1, 0.15) is 25.7 Å². The predicted molar refractivity (Wildman–Crippen MR) is 99.3 cm³/mol. The first-order chi connectivity index (χ1) is 12.6. The van der Waals surface area contributed by atoms with E-state index in [9.17, 15) is 9.59 Å². The molecule has 2 saturated heterocycles. The van der Waals surface area contributed by atoms with E-state index in [1.807, 2.05) is 16.3 Å². The molecule has 2 aliphatic heterocycles. The summed E-state index contributed by atoms with van der Waals surface area (Å²) in [6.45, 7) is 2.66. The zero-order valence-corrected chi connectivity index (χ0v) is 15.3. The van der Waals surface area contributed by atoms with Crippen molar-refractivity contribution in [1.82, 2.24) is 14.9 Å². The van der Waals surface area contributed by atoms with Gasteiger partial charge in [0.15, 0.2) is 0 Å². The zero-order valence-electron chi connectivity index (χ0n) is 14.5. The number of carbonyl (C=O) groups excluding carboxylic acids is 1. The Kier molecular flexibility index (Phi) is 4.76. The van der Waals surface area contributed by atoms with Crippen molar-refractivity contribution in [3.05, 3.63) is 17.8 Å². The monoisotopic (exact) mass is 374 g/mol. The van der Waals surface area contributed by atoms with E-state index >= 15 is 0 Å².